The first-order valence-electron chi connectivity index (χ1n) is 13.9. The third-order valence-corrected chi connectivity index (χ3v) is 8.08. The average molecular weight is 526 g/mol. The van der Waals surface area contributed by atoms with Gasteiger partial charge in [0.25, 0.3) is 0 Å². The molecule has 1 aliphatic carbocycles. The number of benzene rings is 1. The molecule has 208 valence electrons. The van der Waals surface area contributed by atoms with E-state index < -0.39 is 11.7 Å². The van der Waals surface area contributed by atoms with Gasteiger partial charge in [-0.05, 0) is 50.2 Å². The van der Waals surface area contributed by atoms with Crippen LogP contribution in [-0.4, -0.2) is 64.1 Å². The summed E-state index contributed by atoms with van der Waals surface area (Å²) in [5.41, 5.74) is 14.5. The molecular formula is C28H43N7O3. The van der Waals surface area contributed by atoms with Gasteiger partial charge in [0.2, 0.25) is 11.8 Å². The van der Waals surface area contributed by atoms with E-state index in [1.54, 1.807) is 0 Å². The Bertz CT molecular complexity index is 1160. The second-order valence-corrected chi connectivity index (χ2v) is 10.8. The smallest absolute Gasteiger partial charge is 0.329 e. The number of carbonyl (C=O) groups excluding carboxylic acids is 1. The van der Waals surface area contributed by atoms with Crippen LogP contribution in [0, 0.1) is 19.8 Å². The molecule has 6 N–H and O–H groups in total. The van der Waals surface area contributed by atoms with Crippen LogP contribution in [0.25, 0.3) is 0 Å². The number of para-hydroxylation sites is 1. The molecule has 2 heterocycles. The van der Waals surface area contributed by atoms with Crippen LogP contribution in [0.3, 0.4) is 0 Å². The van der Waals surface area contributed by atoms with Crippen molar-refractivity contribution in [1.82, 2.24) is 14.5 Å². The molecule has 2 aromatic rings. The Morgan fingerprint density at radius 2 is 1.76 bits per heavy atom. The highest BCUT2D eigenvalue weighted by atomic mass is 16.3. The average Bonchev–Trinajstić information content (AvgIpc) is 3.18. The number of amides is 1. The van der Waals surface area contributed by atoms with Crippen LogP contribution in [0.4, 0.5) is 5.69 Å². The lowest BCUT2D eigenvalue weighted by Gasteiger charge is -2.39. The van der Waals surface area contributed by atoms with E-state index in [9.17, 15) is 14.7 Å². The zero-order valence-corrected chi connectivity index (χ0v) is 22.8. The third-order valence-electron chi connectivity index (χ3n) is 8.08. The molecule has 1 aliphatic heterocycles. The normalized spacial score (nSPS) is 17.4. The Labute approximate surface area is 224 Å². The van der Waals surface area contributed by atoms with Gasteiger partial charge < -0.3 is 31.4 Å². The van der Waals surface area contributed by atoms with Crippen molar-refractivity contribution in [3.8, 4) is 5.88 Å². The number of hydrogen-bond donors (Lipinski definition) is 4. The maximum Gasteiger partial charge on any atom is 0.329 e. The van der Waals surface area contributed by atoms with Crippen molar-refractivity contribution < 1.29 is 9.90 Å². The summed E-state index contributed by atoms with van der Waals surface area (Å²) in [7, 11) is 0. The van der Waals surface area contributed by atoms with E-state index in [2.05, 4.69) is 46.9 Å². The molecule has 10 heteroatoms. The standard InChI is InChI=1S/C28H43N7O3/c1-19-8-6-9-20(2)24(19)33-14-16-34(17-15-33)26(37)23(18-21-10-4-3-5-11-21)35-25(36)22(32-28(35)38)12-7-13-31-27(29)30/h6,8-9,21,23,36H,3-5,7,10-18H2,1-2H3,(H,32,38)(H4,29,30,31)/t23-/m1/s1. The predicted molar refractivity (Wildman–Crippen MR) is 151 cm³/mol. The fourth-order valence-electron chi connectivity index (χ4n) is 6.14. The number of hydrogen-bond acceptors (Lipinski definition) is 5. The van der Waals surface area contributed by atoms with Crippen molar-refractivity contribution in [2.24, 2.45) is 22.4 Å². The Balaban J connectivity index is 1.52. The van der Waals surface area contributed by atoms with E-state index in [4.69, 9.17) is 11.5 Å². The number of guanidine groups is 1. The lowest BCUT2D eigenvalue weighted by Crippen LogP contribution is -2.51. The van der Waals surface area contributed by atoms with Crippen molar-refractivity contribution in [3.05, 3.63) is 45.5 Å². The van der Waals surface area contributed by atoms with Crippen molar-refractivity contribution in [2.75, 3.05) is 37.6 Å². The molecule has 0 spiro atoms. The fraction of sp³-hybridized carbons (Fsp3) is 0.607. The first-order valence-corrected chi connectivity index (χ1v) is 13.9. The number of piperazine rings is 1. The summed E-state index contributed by atoms with van der Waals surface area (Å²) in [6.07, 6.45) is 7.13. The highest BCUT2D eigenvalue weighted by Gasteiger charge is 2.34. The second-order valence-electron chi connectivity index (χ2n) is 10.8. The largest absolute Gasteiger partial charge is 0.493 e. The zero-order chi connectivity index (χ0) is 27.2. The summed E-state index contributed by atoms with van der Waals surface area (Å²) in [5, 5.41) is 11.1. The van der Waals surface area contributed by atoms with E-state index in [-0.39, 0.29) is 17.7 Å². The number of imidazole rings is 1. The van der Waals surface area contributed by atoms with Crippen molar-refractivity contribution in [2.45, 2.75) is 71.3 Å². The molecule has 1 atom stereocenters. The van der Waals surface area contributed by atoms with E-state index in [0.717, 1.165) is 38.8 Å². The van der Waals surface area contributed by atoms with Crippen LogP contribution >= 0.6 is 0 Å². The molecule has 2 aliphatic rings. The number of aliphatic imine (C=N–C) groups is 1. The van der Waals surface area contributed by atoms with Gasteiger partial charge in [-0.2, -0.15) is 0 Å². The number of aryl methyl sites for hydroxylation is 3. The van der Waals surface area contributed by atoms with Crippen molar-refractivity contribution >= 4 is 17.6 Å². The van der Waals surface area contributed by atoms with Crippen LogP contribution < -0.4 is 22.1 Å². The molecule has 4 rings (SSSR count). The number of nitrogens with zero attached hydrogens (tertiary/aromatic N) is 4. The van der Waals surface area contributed by atoms with E-state index >= 15 is 0 Å². The van der Waals surface area contributed by atoms with Gasteiger partial charge in [-0.25, -0.2) is 4.79 Å². The van der Waals surface area contributed by atoms with Crippen LogP contribution in [0.2, 0.25) is 0 Å². The van der Waals surface area contributed by atoms with Gasteiger partial charge in [0.05, 0.1) is 5.69 Å². The molecular weight excluding hydrogens is 482 g/mol. The topological polar surface area (TPSA) is 146 Å². The molecule has 1 saturated carbocycles. The monoisotopic (exact) mass is 525 g/mol. The Kier molecular flexibility index (Phi) is 9.01. The number of carbonyl (C=O) groups is 1. The summed E-state index contributed by atoms with van der Waals surface area (Å²) in [5.74, 6) is 0.138. The molecule has 1 aromatic heterocycles. The predicted octanol–water partition coefficient (Wildman–Crippen LogP) is 2.57. The van der Waals surface area contributed by atoms with Crippen LogP contribution in [0.5, 0.6) is 5.88 Å². The van der Waals surface area contributed by atoms with Crippen LogP contribution in [0.1, 0.15) is 67.8 Å². The van der Waals surface area contributed by atoms with E-state index in [1.807, 2.05) is 4.90 Å². The molecule has 0 unspecified atom stereocenters. The SMILES string of the molecule is Cc1cccc(C)c1N1CCN(C(=O)[C@@H](CC2CCCCC2)n2c(O)c(CCCN=C(N)N)[nH]c2=O)CC1. The minimum Gasteiger partial charge on any atom is -0.493 e. The van der Waals surface area contributed by atoms with E-state index in [0.29, 0.717) is 50.5 Å². The first-order chi connectivity index (χ1) is 18.3. The summed E-state index contributed by atoms with van der Waals surface area (Å²) >= 11 is 0. The van der Waals surface area contributed by atoms with Gasteiger partial charge in [-0.1, -0.05) is 50.3 Å². The zero-order valence-electron chi connectivity index (χ0n) is 22.8. The molecule has 1 amide bonds. The summed E-state index contributed by atoms with van der Waals surface area (Å²) in [6, 6.07) is 5.59. The van der Waals surface area contributed by atoms with E-state index in [1.165, 1.54) is 27.8 Å². The van der Waals surface area contributed by atoms with Crippen molar-refractivity contribution in [3.63, 3.8) is 0 Å². The maximum absolute atomic E-state index is 14.0. The highest BCUT2D eigenvalue weighted by Crippen LogP contribution is 2.34. The molecule has 10 nitrogen and oxygen atoms in total. The third kappa shape index (κ3) is 6.34. The second kappa shape index (κ2) is 12.4. The maximum atomic E-state index is 14.0. The van der Waals surface area contributed by atoms with Gasteiger partial charge >= 0.3 is 5.69 Å². The molecule has 2 fully saturated rings. The minimum atomic E-state index is -0.722. The number of aromatic hydroxyl groups is 1. The minimum absolute atomic E-state index is 0.0103. The quantitative estimate of drug-likeness (QED) is 0.225. The number of anilines is 1. The number of nitrogens with two attached hydrogens (primary N) is 2. The Hall–Kier alpha value is -3.43. The molecule has 0 bridgehead atoms. The number of nitrogens with one attached hydrogen (secondary N) is 1. The van der Waals surface area contributed by atoms with Gasteiger partial charge in [0, 0.05) is 38.4 Å². The van der Waals surface area contributed by atoms with Crippen LogP contribution in [0.15, 0.2) is 28.0 Å². The van der Waals surface area contributed by atoms with Crippen LogP contribution in [-0.2, 0) is 11.2 Å². The lowest BCUT2D eigenvalue weighted by atomic mass is 9.84. The van der Waals surface area contributed by atoms with Crippen molar-refractivity contribution in [1.29, 1.82) is 0 Å². The fourth-order valence-corrected chi connectivity index (χ4v) is 6.14. The molecule has 38 heavy (non-hydrogen) atoms. The number of rotatable bonds is 9. The highest BCUT2D eigenvalue weighted by molar-refractivity contribution is 5.81. The first kappa shape index (κ1) is 27.6. The summed E-state index contributed by atoms with van der Waals surface area (Å²) in [4.78, 5) is 38.0. The number of aromatic nitrogens is 2. The van der Waals surface area contributed by atoms with Gasteiger partial charge in [0.1, 0.15) is 6.04 Å². The Morgan fingerprint density at radius 3 is 2.39 bits per heavy atom. The van der Waals surface area contributed by atoms with Gasteiger partial charge in [-0.3, -0.25) is 14.4 Å². The number of aromatic amines is 1. The summed E-state index contributed by atoms with van der Waals surface area (Å²) in [6.45, 7) is 7.27. The molecule has 0 radical (unpaired) electrons. The van der Waals surface area contributed by atoms with Gasteiger partial charge in [0.15, 0.2) is 5.96 Å². The summed E-state index contributed by atoms with van der Waals surface area (Å²) < 4.78 is 1.30. The molecule has 1 aromatic carbocycles. The number of H-pyrrole nitrogens is 1. The Morgan fingerprint density at radius 1 is 1.11 bits per heavy atom. The van der Waals surface area contributed by atoms with Gasteiger partial charge in [-0.15, -0.1) is 0 Å². The molecule has 1 saturated heterocycles. The lowest BCUT2D eigenvalue weighted by molar-refractivity contribution is -0.136.